The van der Waals surface area contributed by atoms with Crippen molar-refractivity contribution in [3.8, 4) is 0 Å². The molecule has 0 radical (unpaired) electrons. The van der Waals surface area contributed by atoms with Crippen LogP contribution in [-0.2, 0) is 0 Å². The smallest absolute Gasteiger partial charge is 0.0115 e. The highest BCUT2D eigenvalue weighted by Gasteiger charge is 2.21. The minimum atomic E-state index is 0.782. The summed E-state index contributed by atoms with van der Waals surface area (Å²) in [6, 6.07) is 1.64. The number of piperidine rings is 1. The second-order valence-corrected chi connectivity index (χ2v) is 7.23. The van der Waals surface area contributed by atoms with Crippen molar-refractivity contribution in [1.82, 2.24) is 9.80 Å². The summed E-state index contributed by atoms with van der Waals surface area (Å²) in [5.41, 5.74) is 0. The first-order chi connectivity index (χ1) is 9.88. The van der Waals surface area contributed by atoms with Crippen molar-refractivity contribution in [3.05, 3.63) is 0 Å². The minimum Gasteiger partial charge on any atom is -0.303 e. The molecule has 0 amide bonds. The van der Waals surface area contributed by atoms with E-state index in [9.17, 15) is 0 Å². The van der Waals surface area contributed by atoms with Crippen LogP contribution < -0.4 is 0 Å². The van der Waals surface area contributed by atoms with E-state index in [0.717, 1.165) is 23.9 Å². The SMILES string of the molecule is CC(C)C1CCCCN1C.CCC(C(C)C)N(CC)CC. The Morgan fingerprint density at radius 2 is 1.57 bits per heavy atom. The van der Waals surface area contributed by atoms with Gasteiger partial charge >= 0.3 is 0 Å². The van der Waals surface area contributed by atoms with Gasteiger partial charge in [-0.2, -0.15) is 0 Å². The van der Waals surface area contributed by atoms with Gasteiger partial charge in [0.2, 0.25) is 0 Å². The van der Waals surface area contributed by atoms with Gasteiger partial charge in [0, 0.05) is 12.1 Å². The third-order valence-corrected chi connectivity index (χ3v) is 5.07. The lowest BCUT2D eigenvalue weighted by Gasteiger charge is -2.35. The molecule has 0 aliphatic carbocycles. The Morgan fingerprint density at radius 3 is 1.81 bits per heavy atom. The van der Waals surface area contributed by atoms with Crippen molar-refractivity contribution in [3.63, 3.8) is 0 Å². The van der Waals surface area contributed by atoms with Crippen LogP contribution in [-0.4, -0.2) is 48.6 Å². The Hall–Kier alpha value is -0.0800. The highest BCUT2D eigenvalue weighted by molar-refractivity contribution is 4.76. The highest BCUT2D eigenvalue weighted by atomic mass is 15.1. The first-order valence-corrected chi connectivity index (χ1v) is 9.33. The maximum atomic E-state index is 2.55. The normalized spacial score (nSPS) is 21.6. The van der Waals surface area contributed by atoms with E-state index < -0.39 is 0 Å². The molecule has 1 aliphatic heterocycles. The van der Waals surface area contributed by atoms with Crippen LogP contribution in [0.1, 0.15) is 74.1 Å². The summed E-state index contributed by atoms with van der Waals surface area (Å²) < 4.78 is 0. The fourth-order valence-corrected chi connectivity index (χ4v) is 3.79. The molecule has 0 aromatic heterocycles. The van der Waals surface area contributed by atoms with Crippen LogP contribution in [0, 0.1) is 11.8 Å². The van der Waals surface area contributed by atoms with Crippen molar-refractivity contribution in [2.24, 2.45) is 11.8 Å². The van der Waals surface area contributed by atoms with Gasteiger partial charge in [-0.25, -0.2) is 0 Å². The third-order valence-electron chi connectivity index (χ3n) is 5.07. The van der Waals surface area contributed by atoms with Gasteiger partial charge in [-0.1, -0.05) is 54.9 Å². The van der Waals surface area contributed by atoms with Crippen LogP contribution in [0.25, 0.3) is 0 Å². The van der Waals surface area contributed by atoms with Gasteiger partial charge in [0.15, 0.2) is 0 Å². The van der Waals surface area contributed by atoms with Crippen LogP contribution in [0.5, 0.6) is 0 Å². The summed E-state index contributed by atoms with van der Waals surface area (Å²) in [6.07, 6.45) is 5.53. The Balaban J connectivity index is 0.000000382. The van der Waals surface area contributed by atoms with E-state index in [0.29, 0.717) is 0 Å². The van der Waals surface area contributed by atoms with Crippen molar-refractivity contribution in [2.45, 2.75) is 86.2 Å². The lowest BCUT2D eigenvalue weighted by Crippen LogP contribution is -2.39. The summed E-state index contributed by atoms with van der Waals surface area (Å²) >= 11 is 0. The van der Waals surface area contributed by atoms with E-state index in [4.69, 9.17) is 0 Å². The molecule has 2 atom stereocenters. The Bertz CT molecular complexity index is 234. The molecule has 0 aromatic rings. The van der Waals surface area contributed by atoms with Crippen molar-refractivity contribution in [2.75, 3.05) is 26.7 Å². The molecule has 2 heteroatoms. The topological polar surface area (TPSA) is 6.48 Å². The molecule has 21 heavy (non-hydrogen) atoms. The zero-order valence-corrected chi connectivity index (χ0v) is 16.2. The molecule has 1 saturated heterocycles. The average molecular weight is 299 g/mol. The number of hydrogen-bond donors (Lipinski definition) is 0. The lowest BCUT2D eigenvalue weighted by molar-refractivity contribution is 0.144. The Kier molecular flexibility index (Phi) is 11.4. The van der Waals surface area contributed by atoms with Gasteiger partial charge in [-0.3, -0.25) is 0 Å². The molecular formula is C19H42N2. The van der Waals surface area contributed by atoms with Crippen LogP contribution in [0.3, 0.4) is 0 Å². The molecule has 128 valence electrons. The van der Waals surface area contributed by atoms with Gasteiger partial charge in [0.05, 0.1) is 0 Å². The molecular weight excluding hydrogens is 256 g/mol. The molecule has 0 saturated carbocycles. The zero-order chi connectivity index (χ0) is 16.4. The first kappa shape index (κ1) is 20.9. The van der Waals surface area contributed by atoms with Crippen LogP contribution in [0.4, 0.5) is 0 Å². The molecule has 2 unspecified atom stereocenters. The van der Waals surface area contributed by atoms with E-state index in [1.165, 1.54) is 45.3 Å². The highest BCUT2D eigenvalue weighted by Crippen LogP contribution is 2.20. The van der Waals surface area contributed by atoms with Crippen LogP contribution in [0.2, 0.25) is 0 Å². The quantitative estimate of drug-likeness (QED) is 0.689. The summed E-state index contributed by atoms with van der Waals surface area (Å²) in [5.74, 6) is 1.63. The summed E-state index contributed by atoms with van der Waals surface area (Å²) in [4.78, 5) is 5.05. The molecule has 1 rings (SSSR count). The second kappa shape index (κ2) is 11.5. The molecule has 0 bridgehead atoms. The third kappa shape index (κ3) is 7.65. The van der Waals surface area contributed by atoms with E-state index >= 15 is 0 Å². The van der Waals surface area contributed by atoms with Gasteiger partial charge in [0.1, 0.15) is 0 Å². The molecule has 0 N–H and O–H groups in total. The summed E-state index contributed by atoms with van der Waals surface area (Å²) in [7, 11) is 2.25. The predicted molar refractivity (Wildman–Crippen MR) is 96.9 cm³/mol. The fraction of sp³-hybridized carbons (Fsp3) is 1.00. The maximum absolute atomic E-state index is 2.55. The molecule has 1 heterocycles. The molecule has 1 fully saturated rings. The molecule has 0 spiro atoms. The minimum absolute atomic E-state index is 0.782. The Labute approximate surface area is 135 Å². The van der Waals surface area contributed by atoms with E-state index in [1.807, 2.05) is 0 Å². The fourth-order valence-electron chi connectivity index (χ4n) is 3.79. The monoisotopic (exact) mass is 298 g/mol. The number of nitrogens with zero attached hydrogens (tertiary/aromatic N) is 2. The van der Waals surface area contributed by atoms with E-state index in [2.05, 4.69) is 65.3 Å². The summed E-state index contributed by atoms with van der Waals surface area (Å²) in [5, 5.41) is 0. The van der Waals surface area contributed by atoms with E-state index in [-0.39, 0.29) is 0 Å². The lowest BCUT2D eigenvalue weighted by atomic mass is 9.93. The largest absolute Gasteiger partial charge is 0.303 e. The number of likely N-dealkylation sites (tertiary alicyclic amines) is 1. The molecule has 2 nitrogen and oxygen atoms in total. The zero-order valence-electron chi connectivity index (χ0n) is 16.2. The predicted octanol–water partition coefficient (Wildman–Crippen LogP) is 4.89. The van der Waals surface area contributed by atoms with Crippen LogP contribution in [0.15, 0.2) is 0 Å². The van der Waals surface area contributed by atoms with Crippen molar-refractivity contribution >= 4 is 0 Å². The number of rotatable bonds is 6. The summed E-state index contributed by atoms with van der Waals surface area (Å²) in [6.45, 7) is 19.7. The van der Waals surface area contributed by atoms with Crippen molar-refractivity contribution in [1.29, 1.82) is 0 Å². The van der Waals surface area contributed by atoms with Gasteiger partial charge in [-0.15, -0.1) is 0 Å². The van der Waals surface area contributed by atoms with Gasteiger partial charge < -0.3 is 9.80 Å². The first-order valence-electron chi connectivity index (χ1n) is 9.33. The number of hydrogen-bond acceptors (Lipinski definition) is 2. The maximum Gasteiger partial charge on any atom is 0.0115 e. The second-order valence-electron chi connectivity index (χ2n) is 7.23. The average Bonchev–Trinajstić information content (AvgIpc) is 2.45. The van der Waals surface area contributed by atoms with Gasteiger partial charge in [0.25, 0.3) is 0 Å². The van der Waals surface area contributed by atoms with Crippen molar-refractivity contribution < 1.29 is 0 Å². The Morgan fingerprint density at radius 1 is 1.00 bits per heavy atom. The van der Waals surface area contributed by atoms with Gasteiger partial charge in [-0.05, 0) is 57.8 Å². The standard InChI is InChI=1S/C10H23N.C9H19N/c1-6-10(9(4)5)11(7-2)8-3;1-8(2)9-6-4-5-7-10(9)3/h9-10H,6-8H2,1-5H3;8-9H,4-7H2,1-3H3. The molecule has 1 aliphatic rings. The molecule has 0 aromatic carbocycles. The van der Waals surface area contributed by atoms with E-state index in [1.54, 1.807) is 0 Å². The van der Waals surface area contributed by atoms with Crippen LogP contribution >= 0.6 is 0 Å².